The lowest BCUT2D eigenvalue weighted by Gasteiger charge is -2.56. The third kappa shape index (κ3) is 4.51. The Morgan fingerprint density at radius 2 is 1.79 bits per heavy atom. The molecule has 2 N–H and O–H groups in total. The molecule has 0 aromatic carbocycles. The highest BCUT2D eigenvalue weighted by molar-refractivity contribution is 5.89. The number of carbonyl (C=O) groups is 4. The molecule has 4 atom stereocenters. The average Bonchev–Trinajstić information content (AvgIpc) is 3.35. The van der Waals surface area contributed by atoms with Gasteiger partial charge < -0.3 is 24.9 Å². The minimum absolute atomic E-state index is 0.0797. The molecular weight excluding hydrogens is 428 g/mol. The number of aromatic nitrogens is 1. The van der Waals surface area contributed by atoms with E-state index in [1.54, 1.807) is 12.1 Å². The number of hydrogen-bond acceptors (Lipinski definition) is 6. The highest BCUT2D eigenvalue weighted by atomic mass is 16.4. The second-order valence-electron chi connectivity index (χ2n) is 9.21. The van der Waals surface area contributed by atoms with Gasteiger partial charge in [-0.2, -0.15) is 0 Å². The molecule has 0 unspecified atom stereocenters. The van der Waals surface area contributed by atoms with Gasteiger partial charge in [-0.15, -0.1) is 0 Å². The van der Waals surface area contributed by atoms with Gasteiger partial charge >= 0.3 is 5.97 Å². The Morgan fingerprint density at radius 1 is 1.09 bits per heavy atom. The maximum atomic E-state index is 13.5. The van der Waals surface area contributed by atoms with Crippen molar-refractivity contribution < 1.29 is 29.4 Å². The van der Waals surface area contributed by atoms with E-state index in [1.807, 2.05) is 9.80 Å². The number of piperidine rings is 3. The number of pyridine rings is 1. The maximum absolute atomic E-state index is 13.5. The minimum Gasteiger partial charge on any atom is -0.483 e. The smallest absolute Gasteiger partial charge is 0.337 e. The van der Waals surface area contributed by atoms with Crippen molar-refractivity contribution in [3.63, 3.8) is 0 Å². The fourth-order valence-corrected chi connectivity index (χ4v) is 5.98. The van der Waals surface area contributed by atoms with Crippen LogP contribution in [-0.2, 0) is 14.4 Å². The largest absolute Gasteiger partial charge is 0.483 e. The van der Waals surface area contributed by atoms with Gasteiger partial charge in [0.05, 0.1) is 5.56 Å². The van der Waals surface area contributed by atoms with E-state index in [9.17, 15) is 14.4 Å². The summed E-state index contributed by atoms with van der Waals surface area (Å²) in [7, 11) is 0. The Bertz CT molecular complexity index is 901. The summed E-state index contributed by atoms with van der Waals surface area (Å²) >= 11 is 0. The Labute approximate surface area is 192 Å². The van der Waals surface area contributed by atoms with E-state index in [4.69, 9.17) is 15.0 Å². The lowest BCUT2D eigenvalue weighted by Crippen LogP contribution is -2.68. The monoisotopic (exact) mass is 458 g/mol. The molecule has 10 heteroatoms. The third-order valence-corrected chi connectivity index (χ3v) is 7.33. The Balaban J connectivity index is 0.000000821. The van der Waals surface area contributed by atoms with Crippen LogP contribution in [0.4, 0.5) is 5.82 Å². The zero-order chi connectivity index (χ0) is 23.5. The van der Waals surface area contributed by atoms with Crippen LogP contribution >= 0.6 is 0 Å². The van der Waals surface area contributed by atoms with Gasteiger partial charge in [-0.25, -0.2) is 9.78 Å². The van der Waals surface area contributed by atoms with Crippen molar-refractivity contribution in [3.8, 4) is 0 Å². The first-order valence-corrected chi connectivity index (χ1v) is 11.6. The van der Waals surface area contributed by atoms with Crippen LogP contribution in [0.25, 0.3) is 0 Å². The van der Waals surface area contributed by atoms with Crippen LogP contribution in [0.15, 0.2) is 18.3 Å². The quantitative estimate of drug-likeness (QED) is 0.648. The van der Waals surface area contributed by atoms with Crippen molar-refractivity contribution in [2.45, 2.75) is 50.6 Å². The first-order valence-electron chi connectivity index (χ1n) is 11.6. The highest BCUT2D eigenvalue weighted by Gasteiger charge is 2.53. The summed E-state index contributed by atoms with van der Waals surface area (Å²) in [5.74, 6) is 0.408. The maximum Gasteiger partial charge on any atom is 0.337 e. The molecule has 4 fully saturated rings. The van der Waals surface area contributed by atoms with Crippen LogP contribution in [0.5, 0.6) is 0 Å². The molecule has 4 aliphatic heterocycles. The van der Waals surface area contributed by atoms with Gasteiger partial charge in [0, 0.05) is 50.8 Å². The fraction of sp³-hybridized carbons (Fsp3) is 0.609. The molecule has 5 rings (SSSR count). The van der Waals surface area contributed by atoms with Gasteiger partial charge in [0.15, 0.2) is 0 Å². The normalized spacial score (nSPS) is 28.5. The van der Waals surface area contributed by atoms with Gasteiger partial charge in [0.25, 0.3) is 6.47 Å². The van der Waals surface area contributed by atoms with Gasteiger partial charge in [0.1, 0.15) is 11.9 Å². The average molecular weight is 459 g/mol. The standard InChI is InChI=1S/C22H28N4O4.CH2O2/c27-19-5-3-4-17-15-10-16(20(26(17)19)21(28)24-8-1-2-9-24)13-25(12-15)18-7-6-14(11-23-18)22(29)30;2-1-3/h6-7,11,15-17,20H,1-5,8-10,12-13H2,(H,29,30);1H,(H,2,3)/t15-,16+,17+,20-;/m1./s1. The molecule has 0 spiro atoms. The van der Waals surface area contributed by atoms with E-state index >= 15 is 0 Å². The van der Waals surface area contributed by atoms with Crippen LogP contribution in [0.2, 0.25) is 0 Å². The van der Waals surface area contributed by atoms with Crippen molar-refractivity contribution in [2.24, 2.45) is 11.8 Å². The number of carboxylic acids is 1. The van der Waals surface area contributed by atoms with Gasteiger partial charge in [-0.05, 0) is 50.2 Å². The third-order valence-electron chi connectivity index (χ3n) is 7.33. The van der Waals surface area contributed by atoms with Crippen LogP contribution in [0, 0.1) is 11.8 Å². The summed E-state index contributed by atoms with van der Waals surface area (Å²) in [6.45, 7) is 2.78. The summed E-state index contributed by atoms with van der Waals surface area (Å²) in [5, 5.41) is 16.0. The summed E-state index contributed by atoms with van der Waals surface area (Å²) in [5.41, 5.74) is 0.169. The number of hydrogen-bond donors (Lipinski definition) is 2. The summed E-state index contributed by atoms with van der Waals surface area (Å²) in [6, 6.07) is 3.07. The van der Waals surface area contributed by atoms with Crippen molar-refractivity contribution in [3.05, 3.63) is 23.9 Å². The number of fused-ring (bicyclic) bond motifs is 4. The second kappa shape index (κ2) is 9.76. The molecule has 0 saturated carbocycles. The molecule has 33 heavy (non-hydrogen) atoms. The zero-order valence-corrected chi connectivity index (χ0v) is 18.5. The van der Waals surface area contributed by atoms with Gasteiger partial charge in [-0.1, -0.05) is 0 Å². The fourth-order valence-electron chi connectivity index (χ4n) is 5.98. The van der Waals surface area contributed by atoms with Crippen molar-refractivity contribution in [2.75, 3.05) is 31.1 Å². The topological polar surface area (TPSA) is 131 Å². The molecule has 4 aliphatic rings. The second-order valence-corrected chi connectivity index (χ2v) is 9.21. The lowest BCUT2D eigenvalue weighted by atomic mass is 9.71. The molecular formula is C23H30N4O6. The summed E-state index contributed by atoms with van der Waals surface area (Å²) in [6.07, 6.45) is 6.81. The van der Waals surface area contributed by atoms with Gasteiger partial charge in [-0.3, -0.25) is 14.4 Å². The number of aromatic carboxylic acids is 1. The minimum atomic E-state index is -0.989. The van der Waals surface area contributed by atoms with E-state index in [1.165, 1.54) is 6.20 Å². The number of carboxylic acid groups (broad SMARTS) is 2. The Morgan fingerprint density at radius 3 is 2.42 bits per heavy atom. The molecule has 1 aromatic rings. The van der Waals surface area contributed by atoms with Crippen LogP contribution in [0.1, 0.15) is 48.9 Å². The van der Waals surface area contributed by atoms with Crippen LogP contribution in [-0.4, -0.2) is 87.5 Å². The molecule has 10 nitrogen and oxygen atoms in total. The number of carbonyl (C=O) groups excluding carboxylic acids is 2. The molecule has 178 valence electrons. The summed E-state index contributed by atoms with van der Waals surface area (Å²) in [4.78, 5) is 56.4. The zero-order valence-electron chi connectivity index (χ0n) is 18.5. The molecule has 2 amide bonds. The number of rotatable bonds is 3. The molecule has 0 aliphatic carbocycles. The van der Waals surface area contributed by atoms with E-state index in [0.29, 0.717) is 18.9 Å². The van der Waals surface area contributed by atoms with E-state index in [0.717, 1.165) is 57.6 Å². The molecule has 4 saturated heterocycles. The Kier molecular flexibility index (Phi) is 6.80. The Hall–Kier alpha value is -3.17. The predicted octanol–water partition coefficient (Wildman–Crippen LogP) is 1.31. The first kappa shape index (κ1) is 23.0. The molecule has 5 heterocycles. The number of anilines is 1. The number of likely N-dealkylation sites (tertiary alicyclic amines) is 1. The van der Waals surface area contributed by atoms with Gasteiger partial charge in [0.2, 0.25) is 11.8 Å². The van der Waals surface area contributed by atoms with Crippen LogP contribution in [0.3, 0.4) is 0 Å². The highest BCUT2D eigenvalue weighted by Crippen LogP contribution is 2.43. The molecule has 0 radical (unpaired) electrons. The summed E-state index contributed by atoms with van der Waals surface area (Å²) < 4.78 is 0. The van der Waals surface area contributed by atoms with E-state index in [-0.39, 0.29) is 41.9 Å². The van der Waals surface area contributed by atoms with E-state index < -0.39 is 5.97 Å². The van der Waals surface area contributed by atoms with Crippen LogP contribution < -0.4 is 4.90 Å². The lowest BCUT2D eigenvalue weighted by molar-refractivity contribution is -0.160. The molecule has 1 aromatic heterocycles. The van der Waals surface area contributed by atoms with E-state index in [2.05, 4.69) is 9.88 Å². The first-order chi connectivity index (χ1) is 15.9. The molecule has 2 bridgehead atoms. The number of nitrogens with zero attached hydrogens (tertiary/aromatic N) is 4. The SMILES string of the molecule is O=C(O)c1ccc(N2C[C@H]3C[C@@H](C2)[C@H](C(=O)N2CCCC2)N2C(=O)CCC[C@@H]32)nc1.O=CO. The van der Waals surface area contributed by atoms with Crippen molar-refractivity contribution in [1.29, 1.82) is 0 Å². The number of amides is 2. The predicted molar refractivity (Wildman–Crippen MR) is 118 cm³/mol. The van der Waals surface area contributed by atoms with Crippen molar-refractivity contribution >= 4 is 30.1 Å². The van der Waals surface area contributed by atoms with Crippen molar-refractivity contribution in [1.82, 2.24) is 14.8 Å².